The number of fused-ring (bicyclic) bond motifs is 1. The Labute approximate surface area is 116 Å². The van der Waals surface area contributed by atoms with Gasteiger partial charge in [0.05, 0.1) is 33.3 Å². The van der Waals surface area contributed by atoms with Crippen LogP contribution in [0.1, 0.15) is 10.4 Å². The Morgan fingerprint density at radius 2 is 2.00 bits per heavy atom. The quantitative estimate of drug-likeness (QED) is 0.587. The van der Waals surface area contributed by atoms with Crippen LogP contribution in [0.5, 0.6) is 0 Å². The number of hydrogen-bond donors (Lipinski definition) is 0. The predicted octanol–water partition coefficient (Wildman–Crippen LogP) is 4.12. The van der Waals surface area contributed by atoms with Gasteiger partial charge in [-0.2, -0.15) is 0 Å². The van der Waals surface area contributed by atoms with E-state index < -0.39 is 11.8 Å². The number of aromatic nitrogens is 1. The van der Waals surface area contributed by atoms with E-state index in [2.05, 4.69) is 9.72 Å². The summed E-state index contributed by atoms with van der Waals surface area (Å²) in [7, 11) is 1.20. The van der Waals surface area contributed by atoms with Gasteiger partial charge in [0.1, 0.15) is 0 Å². The average molecular weight is 309 g/mol. The number of benzene rings is 1. The molecule has 2 rings (SSSR count). The largest absolute Gasteiger partial charge is 0.465 e. The zero-order chi connectivity index (χ0) is 13.4. The summed E-state index contributed by atoms with van der Waals surface area (Å²) >= 11 is 17.5. The van der Waals surface area contributed by atoms with Crippen LogP contribution in [0.15, 0.2) is 12.3 Å². The van der Waals surface area contributed by atoms with Crippen LogP contribution in [0.4, 0.5) is 4.39 Å². The van der Waals surface area contributed by atoms with E-state index in [1.165, 1.54) is 19.4 Å². The first-order valence-electron chi connectivity index (χ1n) is 4.67. The third kappa shape index (κ3) is 2.00. The monoisotopic (exact) mass is 307 g/mol. The Kier molecular flexibility index (Phi) is 3.61. The number of ether oxygens (including phenoxy) is 1. The van der Waals surface area contributed by atoms with Crippen molar-refractivity contribution in [3.63, 3.8) is 0 Å². The van der Waals surface area contributed by atoms with Gasteiger partial charge in [-0.05, 0) is 6.07 Å². The minimum atomic E-state index is -0.809. The molecule has 0 saturated carbocycles. The maximum absolute atomic E-state index is 13.6. The van der Waals surface area contributed by atoms with E-state index in [1.807, 2.05) is 0 Å². The van der Waals surface area contributed by atoms with Gasteiger partial charge in [-0.15, -0.1) is 0 Å². The highest BCUT2D eigenvalue weighted by Gasteiger charge is 2.19. The van der Waals surface area contributed by atoms with Crippen molar-refractivity contribution in [1.29, 1.82) is 0 Å². The van der Waals surface area contributed by atoms with Gasteiger partial charge >= 0.3 is 5.97 Å². The van der Waals surface area contributed by atoms with Crippen LogP contribution < -0.4 is 0 Å². The lowest BCUT2D eigenvalue weighted by Gasteiger charge is -2.08. The van der Waals surface area contributed by atoms with Gasteiger partial charge in [0.15, 0.2) is 5.82 Å². The van der Waals surface area contributed by atoms with Crippen LogP contribution in [-0.4, -0.2) is 18.1 Å². The van der Waals surface area contributed by atoms with Crippen molar-refractivity contribution in [2.45, 2.75) is 0 Å². The molecule has 0 N–H and O–H groups in total. The van der Waals surface area contributed by atoms with Crippen molar-refractivity contribution >= 4 is 51.7 Å². The molecule has 0 atom stereocenters. The zero-order valence-electron chi connectivity index (χ0n) is 8.93. The zero-order valence-corrected chi connectivity index (χ0v) is 11.2. The lowest BCUT2D eigenvalue weighted by atomic mass is 10.1. The van der Waals surface area contributed by atoms with Gasteiger partial charge in [0.2, 0.25) is 0 Å². The molecule has 0 aliphatic rings. The first-order chi connectivity index (χ1) is 8.47. The number of hydrogen-bond acceptors (Lipinski definition) is 3. The summed E-state index contributed by atoms with van der Waals surface area (Å²) in [6, 6.07) is 1.28. The minimum absolute atomic E-state index is 0.00953. The summed E-state index contributed by atoms with van der Waals surface area (Å²) in [5.41, 5.74) is 0.305. The normalized spacial score (nSPS) is 10.7. The lowest BCUT2D eigenvalue weighted by Crippen LogP contribution is -2.03. The van der Waals surface area contributed by atoms with Crippen molar-refractivity contribution in [2.75, 3.05) is 7.11 Å². The Bertz CT molecular complexity index is 661. The van der Waals surface area contributed by atoms with Gasteiger partial charge in [-0.1, -0.05) is 34.8 Å². The summed E-state index contributed by atoms with van der Waals surface area (Å²) in [4.78, 5) is 15.4. The molecular weight excluding hydrogens is 303 g/mol. The van der Waals surface area contributed by atoms with E-state index in [1.54, 1.807) is 0 Å². The van der Waals surface area contributed by atoms with E-state index in [-0.39, 0.29) is 26.0 Å². The SMILES string of the molecule is COC(=O)c1cnc2cc(Cl)c(F)c(Cl)c2c1Cl. The summed E-state index contributed by atoms with van der Waals surface area (Å²) in [6.45, 7) is 0. The van der Waals surface area contributed by atoms with E-state index >= 15 is 0 Å². The van der Waals surface area contributed by atoms with Gasteiger partial charge in [-0.3, -0.25) is 4.98 Å². The summed E-state index contributed by atoms with van der Waals surface area (Å²) in [5.74, 6) is -1.49. The molecule has 94 valence electrons. The first kappa shape index (κ1) is 13.3. The molecule has 2 aromatic rings. The second-order valence-corrected chi connectivity index (χ2v) is 4.52. The molecule has 0 fully saturated rings. The van der Waals surface area contributed by atoms with E-state index in [0.29, 0.717) is 5.52 Å². The molecule has 0 amide bonds. The number of rotatable bonds is 1. The van der Waals surface area contributed by atoms with Gasteiger partial charge in [-0.25, -0.2) is 9.18 Å². The van der Waals surface area contributed by atoms with Crippen molar-refractivity contribution in [2.24, 2.45) is 0 Å². The molecule has 0 spiro atoms. The van der Waals surface area contributed by atoms with Crippen molar-refractivity contribution < 1.29 is 13.9 Å². The molecular formula is C11H5Cl3FNO2. The number of carbonyl (C=O) groups is 1. The number of nitrogens with zero attached hydrogens (tertiary/aromatic N) is 1. The summed E-state index contributed by atoms with van der Waals surface area (Å²) in [6.07, 6.45) is 1.22. The van der Waals surface area contributed by atoms with Crippen LogP contribution in [0, 0.1) is 5.82 Å². The molecule has 0 radical (unpaired) electrons. The lowest BCUT2D eigenvalue weighted by molar-refractivity contribution is 0.0600. The van der Waals surface area contributed by atoms with Crippen molar-refractivity contribution in [1.82, 2.24) is 4.98 Å². The Morgan fingerprint density at radius 3 is 2.61 bits per heavy atom. The Hall–Kier alpha value is -1.10. The third-order valence-corrected chi connectivity index (χ3v) is 3.36. The molecule has 1 aromatic heterocycles. The molecule has 0 unspecified atom stereocenters. The number of methoxy groups -OCH3 is 1. The standard InChI is InChI=1S/C11H5Cl3FNO2/c1-18-11(17)4-3-16-6-2-5(12)10(15)9(14)7(6)8(4)13/h2-3H,1H3. The molecule has 0 saturated heterocycles. The maximum atomic E-state index is 13.6. The molecule has 1 heterocycles. The van der Waals surface area contributed by atoms with Crippen LogP contribution in [0.3, 0.4) is 0 Å². The van der Waals surface area contributed by atoms with E-state index in [4.69, 9.17) is 34.8 Å². The smallest absolute Gasteiger partial charge is 0.340 e. The molecule has 18 heavy (non-hydrogen) atoms. The van der Waals surface area contributed by atoms with E-state index in [9.17, 15) is 9.18 Å². The highest BCUT2D eigenvalue weighted by molar-refractivity contribution is 6.45. The molecule has 0 aliphatic heterocycles. The number of esters is 1. The van der Waals surface area contributed by atoms with Crippen LogP contribution >= 0.6 is 34.8 Å². The second-order valence-electron chi connectivity index (χ2n) is 3.36. The fourth-order valence-corrected chi connectivity index (χ4v) is 2.38. The van der Waals surface area contributed by atoms with Crippen molar-refractivity contribution in [3.8, 4) is 0 Å². The third-order valence-electron chi connectivity index (χ3n) is 2.34. The fourth-order valence-electron chi connectivity index (χ4n) is 1.47. The van der Waals surface area contributed by atoms with Crippen LogP contribution in [-0.2, 0) is 4.74 Å². The molecule has 7 heteroatoms. The topological polar surface area (TPSA) is 39.2 Å². The maximum Gasteiger partial charge on any atom is 0.340 e. The Balaban J connectivity index is 2.86. The predicted molar refractivity (Wildman–Crippen MR) is 68.1 cm³/mol. The first-order valence-corrected chi connectivity index (χ1v) is 5.80. The number of pyridine rings is 1. The van der Waals surface area contributed by atoms with Crippen LogP contribution in [0.25, 0.3) is 10.9 Å². The minimum Gasteiger partial charge on any atom is -0.465 e. The Morgan fingerprint density at radius 1 is 1.33 bits per heavy atom. The van der Waals surface area contributed by atoms with Crippen LogP contribution in [0.2, 0.25) is 15.1 Å². The van der Waals surface area contributed by atoms with E-state index in [0.717, 1.165) is 0 Å². The van der Waals surface area contributed by atoms with Gasteiger partial charge in [0.25, 0.3) is 0 Å². The highest BCUT2D eigenvalue weighted by atomic mass is 35.5. The van der Waals surface area contributed by atoms with Gasteiger partial charge in [0, 0.05) is 11.6 Å². The van der Waals surface area contributed by atoms with Gasteiger partial charge < -0.3 is 4.74 Å². The molecule has 3 nitrogen and oxygen atoms in total. The number of halogens is 4. The summed E-state index contributed by atoms with van der Waals surface area (Å²) < 4.78 is 18.1. The fraction of sp³-hybridized carbons (Fsp3) is 0.0909. The molecule has 0 aliphatic carbocycles. The molecule has 0 bridgehead atoms. The van der Waals surface area contributed by atoms with Crippen molar-refractivity contribution in [3.05, 3.63) is 38.7 Å². The summed E-state index contributed by atoms with van der Waals surface area (Å²) in [5, 5.41) is -0.335. The second kappa shape index (κ2) is 4.88. The number of carbonyl (C=O) groups excluding carboxylic acids is 1. The highest BCUT2D eigenvalue weighted by Crippen LogP contribution is 2.36. The molecule has 1 aromatic carbocycles. The average Bonchev–Trinajstić information content (AvgIpc) is 2.35.